The maximum atomic E-state index is 12.7. The fraction of sp³-hybridized carbons (Fsp3) is 0.611. The zero-order valence-corrected chi connectivity index (χ0v) is 13.7. The summed E-state index contributed by atoms with van der Waals surface area (Å²) in [5.74, 6) is 4.53. The molecule has 23 heavy (non-hydrogen) atoms. The third-order valence-electron chi connectivity index (χ3n) is 6.07. The van der Waals surface area contributed by atoms with Gasteiger partial charge in [0.25, 0.3) is 0 Å². The molecule has 2 saturated carbocycles. The Labute approximate surface area is 136 Å². The molecule has 0 radical (unpaired) electrons. The Morgan fingerprint density at radius 1 is 1.13 bits per heavy atom. The minimum atomic E-state index is -0.0228. The number of hydrogen-bond acceptors (Lipinski definition) is 3. The van der Waals surface area contributed by atoms with E-state index in [0.29, 0.717) is 17.2 Å². The highest BCUT2D eigenvalue weighted by Gasteiger charge is 2.52. The largest absolute Gasteiger partial charge is 0.497 e. The lowest BCUT2D eigenvalue weighted by atomic mass is 9.82. The second-order valence-corrected chi connectivity index (χ2v) is 7.06. The average Bonchev–Trinajstić information content (AvgIpc) is 3.27. The molecule has 1 saturated heterocycles. The first-order chi connectivity index (χ1) is 11.2. The Bertz CT molecular complexity index is 600. The topological polar surface area (TPSA) is 50.8 Å². The summed E-state index contributed by atoms with van der Waals surface area (Å²) in [5, 5.41) is 3.00. The number of carbonyl (C=O) groups excluding carboxylic acids is 1. The quantitative estimate of drug-likeness (QED) is 0.931. The Kier molecular flexibility index (Phi) is 3.58. The van der Waals surface area contributed by atoms with Gasteiger partial charge in [0, 0.05) is 19.2 Å². The number of amides is 2. The number of ether oxygens (including phenoxy) is 2. The van der Waals surface area contributed by atoms with Crippen molar-refractivity contribution in [1.29, 1.82) is 0 Å². The normalized spacial score (nSPS) is 31.1. The van der Waals surface area contributed by atoms with Gasteiger partial charge in [0.05, 0.1) is 19.9 Å². The third-order valence-corrected chi connectivity index (χ3v) is 6.07. The smallest absolute Gasteiger partial charge is 0.321 e. The van der Waals surface area contributed by atoms with Crippen LogP contribution in [-0.4, -0.2) is 38.2 Å². The molecule has 0 unspecified atom stereocenters. The zero-order valence-electron chi connectivity index (χ0n) is 13.7. The Hall–Kier alpha value is -1.91. The summed E-state index contributed by atoms with van der Waals surface area (Å²) in [6.07, 6.45) is 4.13. The van der Waals surface area contributed by atoms with Crippen LogP contribution in [0.2, 0.25) is 0 Å². The molecule has 124 valence electrons. The molecular formula is C18H24N2O3. The average molecular weight is 316 g/mol. The van der Waals surface area contributed by atoms with Gasteiger partial charge in [0.2, 0.25) is 0 Å². The standard InChI is InChI=1S/C18H24N2O3/c1-22-13-5-6-17(23-2)16(8-13)19-18(21)20-9-14-11-3-4-12(7-11)15(14)10-20/h5-6,8,11-12,14-15H,3-4,7,9-10H2,1-2H3,(H,19,21)/t11-,12+,14-,15+. The molecule has 1 N–H and O–H groups in total. The molecule has 4 rings (SSSR count). The van der Waals surface area contributed by atoms with Crippen molar-refractivity contribution in [2.75, 3.05) is 32.6 Å². The molecule has 3 fully saturated rings. The van der Waals surface area contributed by atoms with Gasteiger partial charge in [-0.15, -0.1) is 0 Å². The maximum absolute atomic E-state index is 12.7. The summed E-state index contributed by atoms with van der Waals surface area (Å²) in [5.41, 5.74) is 0.664. The highest BCUT2D eigenvalue weighted by molar-refractivity contribution is 5.91. The van der Waals surface area contributed by atoms with E-state index in [2.05, 4.69) is 5.32 Å². The van der Waals surface area contributed by atoms with Crippen molar-refractivity contribution in [2.45, 2.75) is 19.3 Å². The van der Waals surface area contributed by atoms with Gasteiger partial charge < -0.3 is 19.7 Å². The van der Waals surface area contributed by atoms with Crippen LogP contribution < -0.4 is 14.8 Å². The van der Waals surface area contributed by atoms with Crippen LogP contribution in [0.3, 0.4) is 0 Å². The number of nitrogens with zero attached hydrogens (tertiary/aromatic N) is 1. The Morgan fingerprint density at radius 3 is 2.43 bits per heavy atom. The number of likely N-dealkylation sites (tertiary alicyclic amines) is 1. The lowest BCUT2D eigenvalue weighted by Crippen LogP contribution is -2.34. The fourth-order valence-electron chi connectivity index (χ4n) is 4.95. The molecule has 5 nitrogen and oxygen atoms in total. The van der Waals surface area contributed by atoms with E-state index >= 15 is 0 Å². The van der Waals surface area contributed by atoms with Crippen LogP contribution >= 0.6 is 0 Å². The number of nitrogens with one attached hydrogen (secondary N) is 1. The zero-order chi connectivity index (χ0) is 16.0. The first-order valence-corrected chi connectivity index (χ1v) is 8.47. The summed E-state index contributed by atoms with van der Waals surface area (Å²) < 4.78 is 10.6. The van der Waals surface area contributed by atoms with E-state index in [4.69, 9.17) is 9.47 Å². The number of hydrogen-bond donors (Lipinski definition) is 1. The molecular weight excluding hydrogens is 292 g/mol. The summed E-state index contributed by atoms with van der Waals surface area (Å²) >= 11 is 0. The monoisotopic (exact) mass is 316 g/mol. The van der Waals surface area contributed by atoms with E-state index in [1.165, 1.54) is 19.3 Å². The highest BCUT2D eigenvalue weighted by Crippen LogP contribution is 2.55. The third kappa shape index (κ3) is 2.42. The van der Waals surface area contributed by atoms with Crippen molar-refractivity contribution < 1.29 is 14.3 Å². The number of urea groups is 1. The molecule has 2 bridgehead atoms. The van der Waals surface area contributed by atoms with Gasteiger partial charge in [-0.05, 0) is 55.1 Å². The van der Waals surface area contributed by atoms with E-state index in [-0.39, 0.29) is 6.03 Å². The molecule has 2 aliphatic carbocycles. The minimum absolute atomic E-state index is 0.0228. The van der Waals surface area contributed by atoms with Gasteiger partial charge in [-0.3, -0.25) is 0 Å². The van der Waals surface area contributed by atoms with Gasteiger partial charge in [-0.25, -0.2) is 4.79 Å². The molecule has 2 amide bonds. The van der Waals surface area contributed by atoms with Gasteiger partial charge >= 0.3 is 6.03 Å². The first kappa shape index (κ1) is 14.7. The number of rotatable bonds is 3. The molecule has 5 heteroatoms. The predicted molar refractivity (Wildman–Crippen MR) is 87.9 cm³/mol. The lowest BCUT2D eigenvalue weighted by Gasteiger charge is -2.22. The molecule has 0 aromatic heterocycles. The Balaban J connectivity index is 1.47. The van der Waals surface area contributed by atoms with E-state index in [1.807, 2.05) is 17.0 Å². The number of fused-ring (bicyclic) bond motifs is 5. The van der Waals surface area contributed by atoms with E-state index in [0.717, 1.165) is 36.8 Å². The van der Waals surface area contributed by atoms with Crippen molar-refractivity contribution in [3.05, 3.63) is 18.2 Å². The lowest BCUT2D eigenvalue weighted by molar-refractivity contribution is 0.216. The van der Waals surface area contributed by atoms with Gasteiger partial charge in [0.15, 0.2) is 0 Å². The van der Waals surface area contributed by atoms with Crippen LogP contribution in [0.5, 0.6) is 11.5 Å². The van der Waals surface area contributed by atoms with Crippen molar-refractivity contribution in [3.63, 3.8) is 0 Å². The maximum Gasteiger partial charge on any atom is 0.321 e. The van der Waals surface area contributed by atoms with E-state index in [1.54, 1.807) is 20.3 Å². The summed E-state index contributed by atoms with van der Waals surface area (Å²) in [7, 11) is 3.22. The van der Waals surface area contributed by atoms with Crippen molar-refractivity contribution in [2.24, 2.45) is 23.7 Å². The van der Waals surface area contributed by atoms with Crippen LogP contribution in [0.4, 0.5) is 10.5 Å². The number of carbonyl (C=O) groups is 1. The molecule has 1 aliphatic heterocycles. The van der Waals surface area contributed by atoms with Crippen LogP contribution in [0.25, 0.3) is 0 Å². The number of benzene rings is 1. The molecule has 0 spiro atoms. The molecule has 1 aromatic rings. The second kappa shape index (κ2) is 5.62. The summed E-state index contributed by atoms with van der Waals surface area (Å²) in [6.45, 7) is 1.81. The summed E-state index contributed by atoms with van der Waals surface area (Å²) in [6, 6.07) is 5.42. The summed E-state index contributed by atoms with van der Waals surface area (Å²) in [4.78, 5) is 14.7. The van der Waals surface area contributed by atoms with Crippen molar-refractivity contribution in [3.8, 4) is 11.5 Å². The minimum Gasteiger partial charge on any atom is -0.497 e. The number of methoxy groups -OCH3 is 2. The second-order valence-electron chi connectivity index (χ2n) is 7.06. The predicted octanol–water partition coefficient (Wildman–Crippen LogP) is 3.21. The van der Waals surface area contributed by atoms with Crippen LogP contribution in [0, 0.1) is 23.7 Å². The van der Waals surface area contributed by atoms with E-state index < -0.39 is 0 Å². The van der Waals surface area contributed by atoms with Gasteiger partial charge in [-0.1, -0.05) is 0 Å². The van der Waals surface area contributed by atoms with E-state index in [9.17, 15) is 4.79 Å². The molecule has 4 atom stereocenters. The van der Waals surface area contributed by atoms with Gasteiger partial charge in [-0.2, -0.15) is 0 Å². The highest BCUT2D eigenvalue weighted by atomic mass is 16.5. The molecule has 1 aromatic carbocycles. The van der Waals surface area contributed by atoms with Crippen molar-refractivity contribution in [1.82, 2.24) is 4.90 Å². The Morgan fingerprint density at radius 2 is 1.83 bits per heavy atom. The van der Waals surface area contributed by atoms with Crippen LogP contribution in [0.15, 0.2) is 18.2 Å². The SMILES string of the molecule is COc1ccc(OC)c(NC(=O)N2C[C@@H]3[C@@H]4CC[C@@H](C4)[C@@H]3C2)c1. The first-order valence-electron chi connectivity index (χ1n) is 8.47. The fourth-order valence-corrected chi connectivity index (χ4v) is 4.95. The molecule has 1 heterocycles. The van der Waals surface area contributed by atoms with Crippen molar-refractivity contribution >= 4 is 11.7 Å². The van der Waals surface area contributed by atoms with Gasteiger partial charge in [0.1, 0.15) is 11.5 Å². The van der Waals surface area contributed by atoms with Crippen LogP contribution in [-0.2, 0) is 0 Å². The van der Waals surface area contributed by atoms with Crippen LogP contribution in [0.1, 0.15) is 19.3 Å². The molecule has 3 aliphatic rings. The number of anilines is 1.